The van der Waals surface area contributed by atoms with E-state index in [9.17, 15) is 0 Å². The molecule has 136 valence electrons. The fourth-order valence-electron chi connectivity index (χ4n) is 2.39. The fraction of sp³-hybridized carbons (Fsp3) is 0.111. The second kappa shape index (κ2) is 7.81. The normalized spacial score (nSPS) is 10.9. The van der Waals surface area contributed by atoms with E-state index in [1.54, 1.807) is 30.2 Å². The first kappa shape index (κ1) is 17.6. The average Bonchev–Trinajstić information content (AvgIpc) is 3.36. The Hall–Kier alpha value is -2.84. The second-order valence-electron chi connectivity index (χ2n) is 5.51. The molecule has 0 saturated carbocycles. The van der Waals surface area contributed by atoms with Gasteiger partial charge in [-0.2, -0.15) is 4.68 Å². The first-order chi connectivity index (χ1) is 13.2. The van der Waals surface area contributed by atoms with Gasteiger partial charge in [0.1, 0.15) is 12.0 Å². The van der Waals surface area contributed by atoms with Gasteiger partial charge in [0.15, 0.2) is 0 Å². The molecule has 0 N–H and O–H groups in total. The van der Waals surface area contributed by atoms with E-state index in [0.717, 1.165) is 22.7 Å². The van der Waals surface area contributed by atoms with Gasteiger partial charge in [-0.3, -0.25) is 0 Å². The molecule has 0 aliphatic rings. The summed E-state index contributed by atoms with van der Waals surface area (Å²) in [5, 5.41) is 13.2. The molecule has 0 radical (unpaired) electrons. The molecule has 2 aromatic carbocycles. The number of rotatable bonds is 6. The SMILES string of the molecule is COc1ccc(-c2nc(CSc3nnnn3-c3ccc(Cl)cc3)co2)cc1. The molecule has 0 spiro atoms. The molecular weight excluding hydrogens is 386 g/mol. The van der Waals surface area contributed by atoms with Gasteiger partial charge in [0, 0.05) is 16.3 Å². The molecule has 0 unspecified atom stereocenters. The number of halogens is 1. The number of benzene rings is 2. The highest BCUT2D eigenvalue weighted by Gasteiger charge is 2.12. The van der Waals surface area contributed by atoms with E-state index in [1.807, 2.05) is 36.4 Å². The minimum atomic E-state index is 0.561. The summed E-state index contributed by atoms with van der Waals surface area (Å²) < 4.78 is 12.4. The highest BCUT2D eigenvalue weighted by molar-refractivity contribution is 7.98. The Balaban J connectivity index is 1.46. The van der Waals surface area contributed by atoms with Gasteiger partial charge in [-0.05, 0) is 59.0 Å². The second-order valence-corrected chi connectivity index (χ2v) is 6.89. The third-order valence-corrected chi connectivity index (χ3v) is 4.95. The Morgan fingerprint density at radius 1 is 1.11 bits per heavy atom. The number of tetrazole rings is 1. The Bertz CT molecular complexity index is 1030. The summed E-state index contributed by atoms with van der Waals surface area (Å²) in [5.74, 6) is 1.92. The molecule has 0 aliphatic heterocycles. The van der Waals surface area contributed by atoms with E-state index in [2.05, 4.69) is 20.5 Å². The molecule has 2 aromatic heterocycles. The molecular formula is C18H14ClN5O2S. The predicted octanol–water partition coefficient (Wildman–Crippen LogP) is 4.27. The first-order valence-electron chi connectivity index (χ1n) is 7.99. The van der Waals surface area contributed by atoms with Gasteiger partial charge < -0.3 is 9.15 Å². The number of aromatic nitrogens is 5. The lowest BCUT2D eigenvalue weighted by molar-refractivity contribution is 0.415. The van der Waals surface area contributed by atoms with Gasteiger partial charge in [-0.25, -0.2) is 4.98 Å². The van der Waals surface area contributed by atoms with Gasteiger partial charge >= 0.3 is 0 Å². The Morgan fingerprint density at radius 2 is 1.89 bits per heavy atom. The van der Waals surface area contributed by atoms with Crippen molar-refractivity contribution in [3.8, 4) is 22.9 Å². The number of thioether (sulfide) groups is 1. The standard InChI is InChI=1S/C18H14ClN5O2S/c1-25-16-8-2-12(3-9-16)17-20-14(10-26-17)11-27-18-21-22-23-24(18)15-6-4-13(19)5-7-15/h2-10H,11H2,1H3. The topological polar surface area (TPSA) is 78.9 Å². The van der Waals surface area contributed by atoms with Crippen LogP contribution in [0.2, 0.25) is 5.02 Å². The van der Waals surface area contributed by atoms with Crippen LogP contribution in [0.15, 0.2) is 64.4 Å². The van der Waals surface area contributed by atoms with Crippen LogP contribution in [-0.2, 0) is 5.75 Å². The lowest BCUT2D eigenvalue weighted by Gasteiger charge is -2.03. The predicted molar refractivity (Wildman–Crippen MR) is 102 cm³/mol. The van der Waals surface area contributed by atoms with Crippen LogP contribution in [0.25, 0.3) is 17.1 Å². The largest absolute Gasteiger partial charge is 0.497 e. The molecule has 2 heterocycles. The van der Waals surface area contributed by atoms with Gasteiger partial charge in [0.25, 0.3) is 0 Å². The van der Waals surface area contributed by atoms with E-state index in [-0.39, 0.29) is 0 Å². The van der Waals surface area contributed by atoms with Crippen LogP contribution in [-0.4, -0.2) is 32.3 Å². The van der Waals surface area contributed by atoms with Crippen molar-refractivity contribution in [3.63, 3.8) is 0 Å². The number of oxazole rings is 1. The van der Waals surface area contributed by atoms with Gasteiger partial charge in [0.2, 0.25) is 11.0 Å². The smallest absolute Gasteiger partial charge is 0.226 e. The van der Waals surface area contributed by atoms with Crippen LogP contribution >= 0.6 is 23.4 Å². The van der Waals surface area contributed by atoms with Crippen molar-refractivity contribution in [1.29, 1.82) is 0 Å². The van der Waals surface area contributed by atoms with Crippen LogP contribution in [0.4, 0.5) is 0 Å². The quantitative estimate of drug-likeness (QED) is 0.448. The zero-order valence-corrected chi connectivity index (χ0v) is 15.8. The van der Waals surface area contributed by atoms with Gasteiger partial charge in [-0.1, -0.05) is 23.4 Å². The number of hydrogen-bond donors (Lipinski definition) is 0. The number of ether oxygens (including phenoxy) is 1. The Labute approximate surface area is 164 Å². The minimum Gasteiger partial charge on any atom is -0.497 e. The molecule has 0 bridgehead atoms. The summed E-state index contributed by atoms with van der Waals surface area (Å²) in [6.45, 7) is 0. The first-order valence-corrected chi connectivity index (χ1v) is 9.35. The summed E-state index contributed by atoms with van der Waals surface area (Å²) in [6.07, 6.45) is 1.64. The summed E-state index contributed by atoms with van der Waals surface area (Å²) in [5.41, 5.74) is 2.53. The summed E-state index contributed by atoms with van der Waals surface area (Å²) in [6, 6.07) is 14.9. The van der Waals surface area contributed by atoms with Crippen LogP contribution in [0.5, 0.6) is 5.75 Å². The molecule has 0 amide bonds. The van der Waals surface area contributed by atoms with Gasteiger partial charge in [0.05, 0.1) is 18.5 Å². The highest BCUT2D eigenvalue weighted by Crippen LogP contribution is 2.26. The molecule has 4 rings (SSSR count). The van der Waals surface area contributed by atoms with E-state index < -0.39 is 0 Å². The summed E-state index contributed by atoms with van der Waals surface area (Å²) >= 11 is 7.40. The maximum Gasteiger partial charge on any atom is 0.226 e. The fourth-order valence-corrected chi connectivity index (χ4v) is 3.29. The Kier molecular flexibility index (Phi) is 5.08. The maximum atomic E-state index is 5.93. The summed E-state index contributed by atoms with van der Waals surface area (Å²) in [7, 11) is 1.63. The van der Waals surface area contributed by atoms with Crippen molar-refractivity contribution in [3.05, 3.63) is 65.5 Å². The average molecular weight is 400 g/mol. The van der Waals surface area contributed by atoms with Crippen LogP contribution < -0.4 is 4.74 Å². The van der Waals surface area contributed by atoms with Crippen LogP contribution in [0, 0.1) is 0 Å². The Morgan fingerprint density at radius 3 is 2.63 bits per heavy atom. The van der Waals surface area contributed by atoms with Crippen molar-refractivity contribution in [2.24, 2.45) is 0 Å². The molecule has 7 nitrogen and oxygen atoms in total. The molecule has 0 fully saturated rings. The lowest BCUT2D eigenvalue weighted by Crippen LogP contribution is -1.98. The van der Waals surface area contributed by atoms with Crippen LogP contribution in [0.1, 0.15) is 5.69 Å². The van der Waals surface area contributed by atoms with Crippen LogP contribution in [0.3, 0.4) is 0 Å². The third kappa shape index (κ3) is 3.96. The minimum absolute atomic E-state index is 0.561. The molecule has 9 heteroatoms. The van der Waals surface area contributed by atoms with Crippen molar-refractivity contribution >= 4 is 23.4 Å². The van der Waals surface area contributed by atoms with Crippen molar-refractivity contribution in [2.75, 3.05) is 7.11 Å². The van der Waals surface area contributed by atoms with E-state index >= 15 is 0 Å². The molecule has 27 heavy (non-hydrogen) atoms. The van der Waals surface area contributed by atoms with E-state index in [1.165, 1.54) is 11.8 Å². The zero-order chi connectivity index (χ0) is 18.6. The number of hydrogen-bond acceptors (Lipinski definition) is 7. The van der Waals surface area contributed by atoms with Crippen molar-refractivity contribution in [1.82, 2.24) is 25.2 Å². The van der Waals surface area contributed by atoms with Gasteiger partial charge in [-0.15, -0.1) is 5.10 Å². The highest BCUT2D eigenvalue weighted by atomic mass is 35.5. The van der Waals surface area contributed by atoms with Crippen molar-refractivity contribution in [2.45, 2.75) is 10.9 Å². The van der Waals surface area contributed by atoms with E-state index in [0.29, 0.717) is 21.8 Å². The van der Waals surface area contributed by atoms with E-state index in [4.69, 9.17) is 20.8 Å². The molecule has 0 aliphatic carbocycles. The molecule has 4 aromatic rings. The zero-order valence-electron chi connectivity index (χ0n) is 14.2. The number of methoxy groups -OCH3 is 1. The maximum absolute atomic E-state index is 5.93. The lowest BCUT2D eigenvalue weighted by atomic mass is 10.2. The summed E-state index contributed by atoms with van der Waals surface area (Å²) in [4.78, 5) is 4.53. The van der Waals surface area contributed by atoms with Crippen molar-refractivity contribution < 1.29 is 9.15 Å². The number of nitrogens with zero attached hydrogens (tertiary/aromatic N) is 5. The monoisotopic (exact) mass is 399 g/mol. The third-order valence-electron chi connectivity index (χ3n) is 3.75. The molecule has 0 saturated heterocycles. The molecule has 0 atom stereocenters.